The van der Waals surface area contributed by atoms with Crippen molar-refractivity contribution in [3.8, 4) is 5.75 Å². The van der Waals surface area contributed by atoms with Crippen molar-refractivity contribution in [2.45, 2.75) is 19.6 Å². The Bertz CT molecular complexity index is 1200. The van der Waals surface area contributed by atoms with Crippen LogP contribution < -0.4 is 15.7 Å². The minimum absolute atomic E-state index is 0.259. The Hall–Kier alpha value is -3.67. The van der Waals surface area contributed by atoms with Gasteiger partial charge in [0.1, 0.15) is 11.3 Å². The van der Waals surface area contributed by atoms with E-state index in [9.17, 15) is 9.59 Å². The lowest BCUT2D eigenvalue weighted by Crippen LogP contribution is -2.36. The minimum atomic E-state index is -0.714. The highest BCUT2D eigenvalue weighted by molar-refractivity contribution is 6.04. The number of nitrogens with one attached hydrogen (secondary N) is 1. The van der Waals surface area contributed by atoms with Gasteiger partial charge in [0.25, 0.3) is 5.91 Å². The lowest BCUT2D eigenvalue weighted by molar-refractivity contribution is -0.127. The number of fused-ring (bicyclic) bond motifs is 3. The highest BCUT2D eigenvalue weighted by atomic mass is 16.5. The van der Waals surface area contributed by atoms with E-state index in [4.69, 9.17) is 9.15 Å². The molecule has 2 aromatic heterocycles. The van der Waals surface area contributed by atoms with Gasteiger partial charge in [-0.1, -0.05) is 24.3 Å². The average molecular weight is 374 g/mol. The average Bonchev–Trinajstić information content (AvgIpc) is 2.73. The van der Waals surface area contributed by atoms with Crippen LogP contribution in [0.2, 0.25) is 0 Å². The maximum Gasteiger partial charge on any atom is 0.344 e. The summed E-state index contributed by atoms with van der Waals surface area (Å²) in [5, 5.41) is 4.96. The molecule has 0 radical (unpaired) electrons. The Morgan fingerprint density at radius 3 is 2.64 bits per heavy atom. The Morgan fingerprint density at radius 1 is 1.07 bits per heavy atom. The number of hydrogen-bond donors (Lipinski definition) is 1. The van der Waals surface area contributed by atoms with Crippen LogP contribution in [0.15, 0.2) is 76.1 Å². The summed E-state index contributed by atoms with van der Waals surface area (Å²) < 4.78 is 11.1. The van der Waals surface area contributed by atoms with Crippen LogP contribution in [0.1, 0.15) is 12.6 Å². The van der Waals surface area contributed by atoms with Gasteiger partial charge in [0.05, 0.1) is 17.6 Å². The first kappa shape index (κ1) is 17.7. The third-order valence-electron chi connectivity index (χ3n) is 4.44. The maximum absolute atomic E-state index is 12.3. The summed E-state index contributed by atoms with van der Waals surface area (Å²) >= 11 is 0. The Morgan fingerprint density at radius 2 is 1.86 bits per heavy atom. The van der Waals surface area contributed by atoms with E-state index >= 15 is 0 Å². The largest absolute Gasteiger partial charge is 0.481 e. The van der Waals surface area contributed by atoms with E-state index in [0.717, 1.165) is 16.5 Å². The molecule has 1 N–H and O–H groups in total. The summed E-state index contributed by atoms with van der Waals surface area (Å²) in [6.45, 7) is 1.99. The highest BCUT2D eigenvalue weighted by Gasteiger charge is 2.15. The van der Waals surface area contributed by atoms with Crippen molar-refractivity contribution >= 4 is 27.6 Å². The van der Waals surface area contributed by atoms with E-state index in [1.807, 2.05) is 36.4 Å². The minimum Gasteiger partial charge on any atom is -0.481 e. The van der Waals surface area contributed by atoms with Gasteiger partial charge >= 0.3 is 5.63 Å². The number of carbonyl (C=O) groups excluding carboxylic acids is 1. The number of ether oxygens (including phenoxy) is 1. The molecule has 0 bridgehead atoms. The van der Waals surface area contributed by atoms with Gasteiger partial charge in [0.15, 0.2) is 6.10 Å². The van der Waals surface area contributed by atoms with Crippen LogP contribution >= 0.6 is 0 Å². The number of hydrogen-bond acceptors (Lipinski definition) is 5. The zero-order valence-electron chi connectivity index (χ0n) is 15.2. The summed E-state index contributed by atoms with van der Waals surface area (Å²) in [5.41, 5.74) is 0.783. The predicted octanol–water partition coefficient (Wildman–Crippen LogP) is 3.42. The number of rotatable bonds is 5. The van der Waals surface area contributed by atoms with Gasteiger partial charge in [-0.2, -0.15) is 0 Å². The number of amides is 1. The zero-order chi connectivity index (χ0) is 19.5. The standard InChI is InChI=1S/C22H18N2O4/c1-14(21(25)24-13-15-6-4-5-11-23-15)27-16-9-10-18-17-7-2-3-8-19(17)22(26)28-20(18)12-16/h2-12,14H,13H2,1H3,(H,24,25). The molecule has 2 aromatic carbocycles. The summed E-state index contributed by atoms with van der Waals surface area (Å²) in [7, 11) is 0. The Labute approximate surface area is 160 Å². The molecular formula is C22H18N2O4. The van der Waals surface area contributed by atoms with Gasteiger partial charge in [-0.05, 0) is 42.6 Å². The topological polar surface area (TPSA) is 81.4 Å². The molecule has 4 rings (SSSR count). The first-order valence-corrected chi connectivity index (χ1v) is 8.92. The summed E-state index contributed by atoms with van der Waals surface area (Å²) in [6.07, 6.45) is 0.960. The van der Waals surface area contributed by atoms with Gasteiger partial charge in [0.2, 0.25) is 0 Å². The van der Waals surface area contributed by atoms with Crippen LogP contribution in [0.4, 0.5) is 0 Å². The molecule has 0 aliphatic carbocycles. The van der Waals surface area contributed by atoms with E-state index in [-0.39, 0.29) is 5.91 Å². The second-order valence-electron chi connectivity index (χ2n) is 6.39. The van der Waals surface area contributed by atoms with E-state index in [0.29, 0.717) is 23.3 Å². The number of benzene rings is 2. The number of nitrogens with zero attached hydrogens (tertiary/aromatic N) is 1. The number of carbonyl (C=O) groups is 1. The molecule has 6 nitrogen and oxygen atoms in total. The first-order chi connectivity index (χ1) is 13.6. The lowest BCUT2D eigenvalue weighted by Gasteiger charge is -2.15. The predicted molar refractivity (Wildman–Crippen MR) is 106 cm³/mol. The SMILES string of the molecule is CC(Oc1ccc2c(c1)oc(=O)c1ccccc12)C(=O)NCc1ccccn1. The molecule has 1 amide bonds. The Kier molecular flexibility index (Phi) is 4.76. The van der Waals surface area contributed by atoms with Crippen LogP contribution in [0.3, 0.4) is 0 Å². The molecule has 1 unspecified atom stereocenters. The van der Waals surface area contributed by atoms with Crippen LogP contribution in [0.25, 0.3) is 21.7 Å². The van der Waals surface area contributed by atoms with Crippen LogP contribution in [0, 0.1) is 0 Å². The van der Waals surface area contributed by atoms with Crippen molar-refractivity contribution in [3.05, 3.63) is 83.0 Å². The molecule has 0 fully saturated rings. The molecular weight excluding hydrogens is 356 g/mol. The highest BCUT2D eigenvalue weighted by Crippen LogP contribution is 2.26. The summed E-state index contributed by atoms with van der Waals surface area (Å²) in [4.78, 5) is 28.6. The number of pyridine rings is 1. The molecule has 0 spiro atoms. The van der Waals surface area contributed by atoms with E-state index in [1.54, 1.807) is 37.4 Å². The molecule has 1 atom stereocenters. The maximum atomic E-state index is 12.3. The van der Waals surface area contributed by atoms with Crippen LogP contribution in [0.5, 0.6) is 5.75 Å². The fraction of sp³-hybridized carbons (Fsp3) is 0.136. The van der Waals surface area contributed by atoms with Gasteiger partial charge in [0, 0.05) is 17.6 Å². The summed E-state index contributed by atoms with van der Waals surface area (Å²) in [5.74, 6) is 0.192. The van der Waals surface area contributed by atoms with Crippen molar-refractivity contribution < 1.29 is 13.9 Å². The fourth-order valence-corrected chi connectivity index (χ4v) is 3.02. The quantitative estimate of drug-likeness (QED) is 0.428. The van der Waals surface area contributed by atoms with E-state index in [2.05, 4.69) is 10.3 Å². The molecule has 140 valence electrons. The van der Waals surface area contributed by atoms with E-state index < -0.39 is 11.7 Å². The summed E-state index contributed by atoms with van der Waals surface area (Å²) in [6, 6.07) is 18.0. The first-order valence-electron chi connectivity index (χ1n) is 8.92. The van der Waals surface area contributed by atoms with E-state index in [1.165, 1.54) is 0 Å². The van der Waals surface area contributed by atoms with Gasteiger partial charge < -0.3 is 14.5 Å². The Balaban J connectivity index is 1.52. The van der Waals surface area contributed by atoms with Crippen molar-refractivity contribution in [1.29, 1.82) is 0 Å². The van der Waals surface area contributed by atoms with Gasteiger partial charge in [-0.25, -0.2) is 4.79 Å². The second kappa shape index (κ2) is 7.52. The normalized spacial score (nSPS) is 12.0. The van der Waals surface area contributed by atoms with Gasteiger partial charge in [-0.3, -0.25) is 9.78 Å². The molecule has 4 aromatic rings. The molecule has 0 saturated carbocycles. The lowest BCUT2D eigenvalue weighted by atomic mass is 10.1. The molecule has 28 heavy (non-hydrogen) atoms. The third-order valence-corrected chi connectivity index (χ3v) is 4.44. The van der Waals surface area contributed by atoms with Crippen molar-refractivity contribution in [3.63, 3.8) is 0 Å². The molecule has 0 aliphatic heterocycles. The number of aromatic nitrogens is 1. The fourth-order valence-electron chi connectivity index (χ4n) is 3.02. The second-order valence-corrected chi connectivity index (χ2v) is 6.39. The van der Waals surface area contributed by atoms with Crippen molar-refractivity contribution in [2.75, 3.05) is 0 Å². The molecule has 0 saturated heterocycles. The third kappa shape index (κ3) is 3.57. The van der Waals surface area contributed by atoms with Gasteiger partial charge in [-0.15, -0.1) is 0 Å². The van der Waals surface area contributed by atoms with Crippen molar-refractivity contribution in [1.82, 2.24) is 10.3 Å². The van der Waals surface area contributed by atoms with Crippen molar-refractivity contribution in [2.24, 2.45) is 0 Å². The molecule has 6 heteroatoms. The zero-order valence-corrected chi connectivity index (χ0v) is 15.2. The van der Waals surface area contributed by atoms with Crippen LogP contribution in [-0.4, -0.2) is 17.0 Å². The monoisotopic (exact) mass is 374 g/mol. The molecule has 2 heterocycles. The smallest absolute Gasteiger partial charge is 0.344 e. The van der Waals surface area contributed by atoms with Crippen LogP contribution in [-0.2, 0) is 11.3 Å². The molecule has 0 aliphatic rings.